The van der Waals surface area contributed by atoms with E-state index in [0.717, 1.165) is 77.0 Å². The molecule has 0 aliphatic carbocycles. The van der Waals surface area contributed by atoms with Gasteiger partial charge in [0.1, 0.15) is 5.82 Å². The van der Waals surface area contributed by atoms with Crippen molar-refractivity contribution in [3.8, 4) is 0 Å². The number of likely N-dealkylation sites (N-methyl/N-ethyl adjacent to an activating group) is 1. The lowest BCUT2D eigenvalue weighted by Crippen LogP contribution is -2.48. The van der Waals surface area contributed by atoms with Crippen molar-refractivity contribution in [1.82, 2.24) is 25.4 Å². The summed E-state index contributed by atoms with van der Waals surface area (Å²) in [6, 6.07) is 15.5. The fourth-order valence-corrected chi connectivity index (χ4v) is 4.43. The molecule has 2 fully saturated rings. The number of guanidine groups is 1. The van der Waals surface area contributed by atoms with Crippen LogP contribution < -0.4 is 15.5 Å². The number of hydrogen-bond donors (Lipinski definition) is 2. The second-order valence-electron chi connectivity index (χ2n) is 8.92. The average molecular weight is 436 g/mol. The zero-order valence-corrected chi connectivity index (χ0v) is 19.5. The van der Waals surface area contributed by atoms with E-state index in [1.54, 1.807) is 0 Å². The summed E-state index contributed by atoms with van der Waals surface area (Å²) < 4.78 is 0. The first-order valence-electron chi connectivity index (χ1n) is 11.8. The van der Waals surface area contributed by atoms with E-state index >= 15 is 0 Å². The number of aliphatic imine (C=N–C) groups is 1. The molecular formula is C25H37N7. The van der Waals surface area contributed by atoms with Crippen LogP contribution in [0, 0.1) is 0 Å². The number of nitrogens with one attached hydrogen (secondary N) is 2. The molecule has 0 atom stereocenters. The fourth-order valence-electron chi connectivity index (χ4n) is 4.43. The summed E-state index contributed by atoms with van der Waals surface area (Å²) in [5, 5.41) is 7.12. The molecule has 0 unspecified atom stereocenters. The Morgan fingerprint density at radius 3 is 2.47 bits per heavy atom. The molecule has 0 spiro atoms. The first-order chi connectivity index (χ1) is 15.7. The van der Waals surface area contributed by atoms with Crippen LogP contribution >= 0.6 is 0 Å². The van der Waals surface area contributed by atoms with Crippen LogP contribution in [0.15, 0.2) is 53.7 Å². The van der Waals surface area contributed by atoms with Crippen molar-refractivity contribution in [2.24, 2.45) is 4.99 Å². The average Bonchev–Trinajstić information content (AvgIpc) is 2.84. The van der Waals surface area contributed by atoms with Gasteiger partial charge in [0.05, 0.1) is 0 Å². The third kappa shape index (κ3) is 6.43. The molecule has 0 saturated carbocycles. The van der Waals surface area contributed by atoms with Gasteiger partial charge in [0.2, 0.25) is 0 Å². The summed E-state index contributed by atoms with van der Waals surface area (Å²) in [4.78, 5) is 16.3. The molecule has 2 aromatic rings. The third-order valence-electron chi connectivity index (χ3n) is 6.50. The first-order valence-corrected chi connectivity index (χ1v) is 11.8. The molecule has 2 N–H and O–H groups in total. The van der Waals surface area contributed by atoms with Gasteiger partial charge in [0.25, 0.3) is 0 Å². The van der Waals surface area contributed by atoms with Gasteiger partial charge < -0.3 is 20.4 Å². The molecule has 0 bridgehead atoms. The molecule has 0 radical (unpaired) electrons. The molecule has 2 aliphatic heterocycles. The molecule has 0 amide bonds. The van der Waals surface area contributed by atoms with Gasteiger partial charge in [-0.25, -0.2) is 4.98 Å². The summed E-state index contributed by atoms with van der Waals surface area (Å²) in [6.45, 7) is 8.26. The van der Waals surface area contributed by atoms with Crippen LogP contribution in [0.3, 0.4) is 0 Å². The Labute approximate surface area is 192 Å². The molecular weight excluding hydrogens is 398 g/mol. The minimum Gasteiger partial charge on any atom is -0.354 e. The summed E-state index contributed by atoms with van der Waals surface area (Å²) in [6.07, 6.45) is 4.19. The van der Waals surface area contributed by atoms with E-state index in [1.165, 1.54) is 11.1 Å². The molecule has 7 nitrogen and oxygen atoms in total. The predicted octanol–water partition coefficient (Wildman–Crippen LogP) is 2.16. The summed E-state index contributed by atoms with van der Waals surface area (Å²) in [7, 11) is 4.03. The van der Waals surface area contributed by atoms with Crippen molar-refractivity contribution in [2.75, 3.05) is 58.3 Å². The van der Waals surface area contributed by atoms with Gasteiger partial charge in [-0.05, 0) is 43.1 Å². The maximum atomic E-state index is 4.60. The van der Waals surface area contributed by atoms with Crippen molar-refractivity contribution in [3.63, 3.8) is 0 Å². The van der Waals surface area contributed by atoms with E-state index in [9.17, 15) is 0 Å². The number of nitrogens with zero attached hydrogens (tertiary/aromatic N) is 5. The van der Waals surface area contributed by atoms with Crippen molar-refractivity contribution in [3.05, 3.63) is 59.8 Å². The Hall–Kier alpha value is -2.64. The molecule has 1 aromatic heterocycles. The quantitative estimate of drug-likeness (QED) is 0.536. The monoisotopic (exact) mass is 435 g/mol. The zero-order valence-electron chi connectivity index (χ0n) is 19.5. The van der Waals surface area contributed by atoms with E-state index in [-0.39, 0.29) is 0 Å². The van der Waals surface area contributed by atoms with Crippen LogP contribution in [-0.4, -0.2) is 80.1 Å². The van der Waals surface area contributed by atoms with Crippen molar-refractivity contribution < 1.29 is 0 Å². The Morgan fingerprint density at radius 2 is 1.75 bits per heavy atom. The number of benzene rings is 1. The number of hydrogen-bond acceptors (Lipinski definition) is 5. The highest BCUT2D eigenvalue weighted by atomic mass is 15.3. The summed E-state index contributed by atoms with van der Waals surface area (Å²) >= 11 is 0. The van der Waals surface area contributed by atoms with E-state index in [0.29, 0.717) is 6.04 Å². The molecule has 2 aliphatic rings. The second kappa shape index (κ2) is 11.3. The zero-order chi connectivity index (χ0) is 22.2. The maximum Gasteiger partial charge on any atom is 0.191 e. The first kappa shape index (κ1) is 22.6. The standard InChI is InChI=1S/C25H37N7/c1-26-25(29-23-9-12-31(13-10-23)20-21-6-4-3-5-7-21)28-19-22-8-11-27-24(18-22)32-16-14-30(2)15-17-32/h3-8,11,18,23H,9-10,12-17,19-20H2,1-2H3,(H2,26,28,29). The highest BCUT2D eigenvalue weighted by Gasteiger charge is 2.20. The number of likely N-dealkylation sites (tertiary alicyclic amines) is 1. The normalized spacial score (nSPS) is 19.2. The van der Waals surface area contributed by atoms with Crippen LogP contribution in [0.4, 0.5) is 5.82 Å². The molecule has 2 saturated heterocycles. The largest absolute Gasteiger partial charge is 0.354 e. The highest BCUT2D eigenvalue weighted by Crippen LogP contribution is 2.16. The molecule has 7 heteroatoms. The Bertz CT molecular complexity index is 854. The van der Waals surface area contributed by atoms with Crippen molar-refractivity contribution >= 4 is 11.8 Å². The van der Waals surface area contributed by atoms with E-state index in [4.69, 9.17) is 0 Å². The topological polar surface area (TPSA) is 59.0 Å². The minimum atomic E-state index is 0.464. The van der Waals surface area contributed by atoms with Crippen LogP contribution in [-0.2, 0) is 13.1 Å². The highest BCUT2D eigenvalue weighted by molar-refractivity contribution is 5.80. The smallest absolute Gasteiger partial charge is 0.191 e. The Morgan fingerprint density at radius 1 is 1.00 bits per heavy atom. The predicted molar refractivity (Wildman–Crippen MR) is 132 cm³/mol. The van der Waals surface area contributed by atoms with Crippen molar-refractivity contribution in [2.45, 2.75) is 32.0 Å². The van der Waals surface area contributed by atoms with E-state index in [1.807, 2.05) is 13.2 Å². The number of rotatable bonds is 6. The minimum absolute atomic E-state index is 0.464. The third-order valence-corrected chi connectivity index (χ3v) is 6.50. The molecule has 4 rings (SSSR count). The lowest BCUT2D eigenvalue weighted by molar-refractivity contribution is 0.198. The van der Waals surface area contributed by atoms with Gasteiger partial charge in [0, 0.05) is 71.6 Å². The molecule has 1 aromatic carbocycles. The number of piperidine rings is 1. The van der Waals surface area contributed by atoms with Crippen LogP contribution in [0.1, 0.15) is 24.0 Å². The van der Waals surface area contributed by atoms with Gasteiger partial charge >= 0.3 is 0 Å². The number of pyridine rings is 1. The van der Waals surface area contributed by atoms with Gasteiger partial charge in [-0.3, -0.25) is 9.89 Å². The molecule has 172 valence electrons. The Balaban J connectivity index is 1.22. The SMILES string of the molecule is CN=C(NCc1ccnc(N2CCN(C)CC2)c1)NC1CCN(Cc2ccccc2)CC1. The van der Waals surface area contributed by atoms with Crippen molar-refractivity contribution in [1.29, 1.82) is 0 Å². The van der Waals surface area contributed by atoms with Gasteiger partial charge in [-0.2, -0.15) is 0 Å². The van der Waals surface area contributed by atoms with Crippen LogP contribution in [0.2, 0.25) is 0 Å². The van der Waals surface area contributed by atoms with E-state index in [2.05, 4.69) is 84.8 Å². The maximum absolute atomic E-state index is 4.60. The Kier molecular flexibility index (Phi) is 7.96. The summed E-state index contributed by atoms with van der Waals surface area (Å²) in [5.74, 6) is 1.95. The number of aromatic nitrogens is 1. The van der Waals surface area contributed by atoms with Gasteiger partial charge in [-0.15, -0.1) is 0 Å². The van der Waals surface area contributed by atoms with Crippen LogP contribution in [0.25, 0.3) is 0 Å². The number of piperazine rings is 1. The van der Waals surface area contributed by atoms with Gasteiger partial charge in [0.15, 0.2) is 5.96 Å². The molecule has 3 heterocycles. The fraction of sp³-hybridized carbons (Fsp3) is 0.520. The second-order valence-corrected chi connectivity index (χ2v) is 8.92. The lowest BCUT2D eigenvalue weighted by atomic mass is 10.0. The van der Waals surface area contributed by atoms with Crippen LogP contribution in [0.5, 0.6) is 0 Å². The van der Waals surface area contributed by atoms with Gasteiger partial charge in [-0.1, -0.05) is 30.3 Å². The molecule has 32 heavy (non-hydrogen) atoms. The van der Waals surface area contributed by atoms with E-state index < -0.39 is 0 Å². The lowest BCUT2D eigenvalue weighted by Gasteiger charge is -2.33. The number of anilines is 1. The summed E-state index contributed by atoms with van der Waals surface area (Å²) in [5.41, 5.74) is 2.62.